The van der Waals surface area contributed by atoms with Crippen LogP contribution in [-0.2, 0) is 19.0 Å². The Bertz CT molecular complexity index is 1450. The molecule has 1 atom stereocenters. The molecule has 0 aromatic heterocycles. The molecule has 0 saturated carbocycles. The summed E-state index contributed by atoms with van der Waals surface area (Å²) in [6, 6.07) is 26.3. The molecule has 0 aliphatic heterocycles. The van der Waals surface area contributed by atoms with E-state index in [0.29, 0.717) is 17.5 Å². The van der Waals surface area contributed by atoms with E-state index >= 15 is 0 Å². The van der Waals surface area contributed by atoms with Crippen molar-refractivity contribution in [3.05, 3.63) is 96.1 Å². The number of hydrogen-bond acceptors (Lipinski definition) is 6. The lowest BCUT2D eigenvalue weighted by Gasteiger charge is -2.22. The Morgan fingerprint density at radius 2 is 1.18 bits per heavy atom. The minimum atomic E-state index is -0.633. The van der Waals surface area contributed by atoms with Crippen LogP contribution in [0.15, 0.2) is 84.9 Å². The molecule has 6 nitrogen and oxygen atoms in total. The third kappa shape index (κ3) is 7.42. The van der Waals surface area contributed by atoms with Gasteiger partial charge in [-0.25, -0.2) is 9.59 Å². The number of fused-ring (bicyclic) bond motifs is 2. The van der Waals surface area contributed by atoms with Gasteiger partial charge in [0.15, 0.2) is 0 Å². The molecule has 0 fully saturated rings. The van der Waals surface area contributed by atoms with Gasteiger partial charge < -0.3 is 14.2 Å². The maximum absolute atomic E-state index is 12.8. The van der Waals surface area contributed by atoms with Crippen LogP contribution in [0.4, 0.5) is 0 Å². The van der Waals surface area contributed by atoms with Gasteiger partial charge in [-0.1, -0.05) is 60.7 Å². The van der Waals surface area contributed by atoms with Crippen LogP contribution in [0.2, 0.25) is 0 Å². The molecule has 4 aromatic rings. The lowest BCUT2D eigenvalue weighted by Crippen LogP contribution is -2.27. The van der Waals surface area contributed by atoms with Crippen LogP contribution in [0.1, 0.15) is 54.3 Å². The van der Waals surface area contributed by atoms with Gasteiger partial charge in [0.2, 0.25) is 0 Å². The van der Waals surface area contributed by atoms with E-state index in [1.54, 1.807) is 45.0 Å². The molecular formula is C32H32O6. The van der Waals surface area contributed by atoms with E-state index in [1.807, 2.05) is 60.7 Å². The SMILES string of the molecule is CC(C)(C)OC(=O)C[C@H](CCOC(=O)c1ccc2ccccc2c1)COC(=O)c1ccc2ccccc2c1. The fraction of sp³-hybridized carbons (Fsp3) is 0.281. The summed E-state index contributed by atoms with van der Waals surface area (Å²) < 4.78 is 16.5. The molecule has 0 heterocycles. The first-order chi connectivity index (χ1) is 18.2. The summed E-state index contributed by atoms with van der Waals surface area (Å²) in [6.45, 7) is 5.46. The Balaban J connectivity index is 1.37. The molecule has 0 spiro atoms. The molecule has 0 aliphatic rings. The average molecular weight is 513 g/mol. The van der Waals surface area contributed by atoms with Crippen molar-refractivity contribution in [2.24, 2.45) is 5.92 Å². The van der Waals surface area contributed by atoms with Gasteiger partial charge in [0.05, 0.1) is 30.8 Å². The second kappa shape index (κ2) is 11.9. The maximum Gasteiger partial charge on any atom is 0.338 e. The first-order valence-corrected chi connectivity index (χ1v) is 12.7. The molecule has 196 valence electrons. The van der Waals surface area contributed by atoms with E-state index in [2.05, 4.69) is 0 Å². The van der Waals surface area contributed by atoms with Gasteiger partial charge >= 0.3 is 17.9 Å². The maximum atomic E-state index is 12.8. The van der Waals surface area contributed by atoms with Crippen molar-refractivity contribution in [3.63, 3.8) is 0 Å². The quantitative estimate of drug-likeness (QED) is 0.182. The zero-order valence-electron chi connectivity index (χ0n) is 21.9. The summed E-state index contributed by atoms with van der Waals surface area (Å²) in [6.07, 6.45) is 0.374. The van der Waals surface area contributed by atoms with Gasteiger partial charge in [-0.3, -0.25) is 4.79 Å². The lowest BCUT2D eigenvalue weighted by molar-refractivity contribution is -0.156. The third-order valence-corrected chi connectivity index (χ3v) is 6.06. The summed E-state index contributed by atoms with van der Waals surface area (Å²) in [4.78, 5) is 37.9. The number of carbonyl (C=O) groups excluding carboxylic acids is 3. The highest BCUT2D eigenvalue weighted by Crippen LogP contribution is 2.20. The van der Waals surface area contributed by atoms with Crippen molar-refractivity contribution in [1.82, 2.24) is 0 Å². The Morgan fingerprint density at radius 3 is 1.71 bits per heavy atom. The highest BCUT2D eigenvalue weighted by molar-refractivity contribution is 5.96. The molecule has 0 bridgehead atoms. The standard InChI is InChI=1S/C32H32O6/c1-32(2,3)38-29(33)18-22(21-37-31(35)28-15-13-24-9-5-7-11-26(24)20-28)16-17-36-30(34)27-14-12-23-8-4-6-10-25(23)19-27/h4-15,19-20,22H,16-18,21H2,1-3H3/t22-/m0/s1. The van der Waals surface area contributed by atoms with Crippen LogP contribution in [0.3, 0.4) is 0 Å². The topological polar surface area (TPSA) is 78.9 Å². The van der Waals surface area contributed by atoms with E-state index in [4.69, 9.17) is 14.2 Å². The first-order valence-electron chi connectivity index (χ1n) is 12.7. The normalized spacial score (nSPS) is 12.2. The monoisotopic (exact) mass is 512 g/mol. The van der Waals surface area contributed by atoms with E-state index in [9.17, 15) is 14.4 Å². The molecule has 0 amide bonds. The van der Waals surface area contributed by atoms with E-state index in [-0.39, 0.29) is 25.6 Å². The summed E-state index contributed by atoms with van der Waals surface area (Å²) in [5.41, 5.74) is 0.254. The highest BCUT2D eigenvalue weighted by Gasteiger charge is 2.23. The highest BCUT2D eigenvalue weighted by atomic mass is 16.6. The summed E-state index contributed by atoms with van der Waals surface area (Å²) >= 11 is 0. The zero-order chi connectivity index (χ0) is 27.1. The minimum Gasteiger partial charge on any atom is -0.462 e. The fourth-order valence-corrected chi connectivity index (χ4v) is 4.17. The lowest BCUT2D eigenvalue weighted by atomic mass is 10.0. The molecule has 4 rings (SSSR count). The number of hydrogen-bond donors (Lipinski definition) is 0. The molecule has 0 N–H and O–H groups in total. The molecular weight excluding hydrogens is 480 g/mol. The van der Waals surface area contributed by atoms with Crippen molar-refractivity contribution in [3.8, 4) is 0 Å². The molecule has 4 aromatic carbocycles. The Labute approximate surface area is 222 Å². The van der Waals surface area contributed by atoms with Gasteiger partial charge in [-0.05, 0) is 73.0 Å². The van der Waals surface area contributed by atoms with E-state index in [0.717, 1.165) is 21.5 Å². The second-order valence-corrected chi connectivity index (χ2v) is 10.3. The van der Waals surface area contributed by atoms with Crippen LogP contribution in [0, 0.1) is 5.92 Å². The average Bonchev–Trinajstić information content (AvgIpc) is 2.89. The molecule has 6 heteroatoms. The fourth-order valence-electron chi connectivity index (χ4n) is 4.17. The van der Waals surface area contributed by atoms with Crippen molar-refractivity contribution in [2.75, 3.05) is 13.2 Å². The van der Waals surface area contributed by atoms with Gasteiger partial charge in [-0.15, -0.1) is 0 Å². The van der Waals surface area contributed by atoms with Crippen molar-refractivity contribution in [1.29, 1.82) is 0 Å². The van der Waals surface area contributed by atoms with E-state index < -0.39 is 23.5 Å². The third-order valence-electron chi connectivity index (χ3n) is 6.06. The summed E-state index contributed by atoms with van der Waals surface area (Å²) in [5, 5.41) is 3.95. The van der Waals surface area contributed by atoms with Crippen molar-refractivity contribution >= 4 is 39.5 Å². The number of benzene rings is 4. The summed E-state index contributed by atoms with van der Waals surface area (Å²) in [5.74, 6) is -1.69. The molecule has 0 unspecified atom stereocenters. The van der Waals surface area contributed by atoms with Crippen LogP contribution >= 0.6 is 0 Å². The molecule has 0 radical (unpaired) electrons. The van der Waals surface area contributed by atoms with E-state index in [1.165, 1.54) is 0 Å². The molecule has 38 heavy (non-hydrogen) atoms. The minimum absolute atomic E-state index is 0.00156. The van der Waals surface area contributed by atoms with Gasteiger partial charge in [0.1, 0.15) is 5.60 Å². The van der Waals surface area contributed by atoms with Crippen molar-refractivity contribution < 1.29 is 28.6 Å². The smallest absolute Gasteiger partial charge is 0.338 e. The Morgan fingerprint density at radius 1 is 0.684 bits per heavy atom. The number of carbonyl (C=O) groups is 3. The molecule has 0 aliphatic carbocycles. The Kier molecular flexibility index (Phi) is 8.41. The molecule has 0 saturated heterocycles. The van der Waals surface area contributed by atoms with Crippen LogP contribution in [0.25, 0.3) is 21.5 Å². The summed E-state index contributed by atoms with van der Waals surface area (Å²) in [7, 11) is 0. The van der Waals surface area contributed by atoms with Crippen molar-refractivity contribution in [2.45, 2.75) is 39.2 Å². The number of rotatable bonds is 9. The zero-order valence-corrected chi connectivity index (χ0v) is 21.9. The predicted molar refractivity (Wildman–Crippen MR) is 147 cm³/mol. The number of ether oxygens (including phenoxy) is 3. The Hall–Kier alpha value is -4.19. The van der Waals surface area contributed by atoms with Crippen LogP contribution in [0.5, 0.6) is 0 Å². The van der Waals surface area contributed by atoms with Crippen LogP contribution in [-0.4, -0.2) is 36.7 Å². The van der Waals surface area contributed by atoms with Gasteiger partial charge in [0.25, 0.3) is 0 Å². The predicted octanol–water partition coefficient (Wildman–Crippen LogP) is 6.74. The van der Waals surface area contributed by atoms with Gasteiger partial charge in [0, 0.05) is 5.92 Å². The van der Waals surface area contributed by atoms with Gasteiger partial charge in [-0.2, -0.15) is 0 Å². The van der Waals surface area contributed by atoms with Crippen LogP contribution < -0.4 is 0 Å². The first kappa shape index (κ1) is 26.9. The number of esters is 3. The second-order valence-electron chi connectivity index (χ2n) is 10.3. The largest absolute Gasteiger partial charge is 0.462 e.